The summed E-state index contributed by atoms with van der Waals surface area (Å²) in [6.07, 6.45) is 0.811. The Labute approximate surface area is 191 Å². The van der Waals surface area contributed by atoms with Gasteiger partial charge in [0.15, 0.2) is 5.78 Å². The number of fused-ring (bicyclic) bond motifs is 2. The van der Waals surface area contributed by atoms with Crippen LogP contribution < -0.4 is 0 Å². The molecule has 31 heavy (non-hydrogen) atoms. The van der Waals surface area contributed by atoms with E-state index in [1.54, 1.807) is 27.6 Å². The number of amides is 1. The molecule has 0 bridgehead atoms. The van der Waals surface area contributed by atoms with Crippen molar-refractivity contribution in [2.75, 3.05) is 13.2 Å². The highest BCUT2D eigenvalue weighted by Crippen LogP contribution is 2.43. The minimum Gasteiger partial charge on any atom is -0.450 e. The van der Waals surface area contributed by atoms with Gasteiger partial charge in [0.05, 0.1) is 28.2 Å². The van der Waals surface area contributed by atoms with E-state index in [9.17, 15) is 9.59 Å². The quantitative estimate of drug-likeness (QED) is 0.336. The summed E-state index contributed by atoms with van der Waals surface area (Å²) in [6, 6.07) is 11.9. The second-order valence-corrected chi connectivity index (χ2v) is 10.4. The molecule has 0 spiro atoms. The molecule has 0 unspecified atom stereocenters. The van der Waals surface area contributed by atoms with Crippen LogP contribution in [0, 0.1) is 0 Å². The third kappa shape index (κ3) is 3.91. The number of carbonyl (C=O) groups is 2. The van der Waals surface area contributed by atoms with Crippen molar-refractivity contribution in [1.29, 1.82) is 0 Å². The number of aromatic nitrogens is 1. The minimum atomic E-state index is -0.278. The number of carbonyl (C=O) groups excluding carboxylic acids is 2. The molecule has 1 amide bonds. The molecule has 4 aromatic rings. The molecule has 0 radical (unpaired) electrons. The number of ketones is 1. The van der Waals surface area contributed by atoms with Gasteiger partial charge in [0.1, 0.15) is 5.01 Å². The molecule has 3 aromatic heterocycles. The van der Waals surface area contributed by atoms with Crippen molar-refractivity contribution in [3.8, 4) is 10.6 Å². The molecule has 0 fully saturated rings. The molecule has 0 saturated carbocycles. The lowest BCUT2D eigenvalue weighted by molar-refractivity contribution is 0.0996. The van der Waals surface area contributed by atoms with Crippen LogP contribution >= 0.6 is 34.0 Å². The predicted octanol–water partition coefficient (Wildman–Crippen LogP) is 6.03. The summed E-state index contributed by atoms with van der Waals surface area (Å²) >= 11 is 4.77. The first-order chi connectivity index (χ1) is 15.1. The second-order valence-electron chi connectivity index (χ2n) is 7.24. The molecule has 5 rings (SSSR count). The molecule has 0 N–H and O–H groups in total. The van der Waals surface area contributed by atoms with Gasteiger partial charge in [-0.1, -0.05) is 18.2 Å². The van der Waals surface area contributed by atoms with Gasteiger partial charge in [-0.05, 0) is 42.5 Å². The molecule has 4 heterocycles. The van der Waals surface area contributed by atoms with Gasteiger partial charge in [-0.15, -0.1) is 34.0 Å². The van der Waals surface area contributed by atoms with E-state index in [2.05, 4.69) is 6.07 Å². The average Bonchev–Trinajstić information content (AvgIpc) is 3.50. The van der Waals surface area contributed by atoms with E-state index < -0.39 is 0 Å². The van der Waals surface area contributed by atoms with Crippen LogP contribution in [0.3, 0.4) is 0 Å². The van der Waals surface area contributed by atoms with Crippen LogP contribution in [0.15, 0.2) is 41.8 Å². The highest BCUT2D eigenvalue weighted by molar-refractivity contribution is 7.22. The Kier molecular flexibility index (Phi) is 5.60. The van der Waals surface area contributed by atoms with E-state index >= 15 is 0 Å². The molecule has 0 aliphatic carbocycles. The lowest BCUT2D eigenvalue weighted by atomic mass is 10.0. The molecule has 1 aliphatic heterocycles. The van der Waals surface area contributed by atoms with E-state index in [4.69, 9.17) is 9.72 Å². The van der Waals surface area contributed by atoms with Crippen LogP contribution in [0.4, 0.5) is 4.79 Å². The Morgan fingerprint density at radius 2 is 2.03 bits per heavy atom. The predicted molar refractivity (Wildman–Crippen MR) is 126 cm³/mol. The van der Waals surface area contributed by atoms with E-state index in [-0.39, 0.29) is 11.9 Å². The highest BCUT2D eigenvalue weighted by atomic mass is 32.1. The Bertz CT molecular complexity index is 1220. The normalized spacial score (nSPS) is 13.4. The zero-order chi connectivity index (χ0) is 21.4. The topological polar surface area (TPSA) is 59.5 Å². The highest BCUT2D eigenvalue weighted by Gasteiger charge is 2.30. The summed E-state index contributed by atoms with van der Waals surface area (Å²) in [5.74, 6) is 0.123. The van der Waals surface area contributed by atoms with Gasteiger partial charge in [-0.3, -0.25) is 4.79 Å². The van der Waals surface area contributed by atoms with Crippen LogP contribution in [-0.2, 0) is 24.1 Å². The van der Waals surface area contributed by atoms with Gasteiger partial charge in [-0.2, -0.15) is 0 Å². The maximum atomic E-state index is 12.9. The number of hydrogen-bond donors (Lipinski definition) is 0. The Morgan fingerprint density at radius 1 is 1.16 bits per heavy atom. The van der Waals surface area contributed by atoms with Crippen molar-refractivity contribution in [2.45, 2.75) is 26.3 Å². The lowest BCUT2D eigenvalue weighted by Crippen LogP contribution is -2.35. The Hall–Kier alpha value is -2.55. The van der Waals surface area contributed by atoms with Crippen molar-refractivity contribution < 1.29 is 14.3 Å². The first kappa shape index (κ1) is 20.4. The monoisotopic (exact) mass is 468 g/mol. The summed E-state index contributed by atoms with van der Waals surface area (Å²) < 4.78 is 6.34. The molecule has 5 nitrogen and oxygen atoms in total. The van der Waals surface area contributed by atoms with Crippen molar-refractivity contribution >= 4 is 56.1 Å². The van der Waals surface area contributed by atoms with E-state index in [0.717, 1.165) is 41.8 Å². The number of thiazole rings is 1. The second kappa shape index (κ2) is 8.53. The first-order valence-electron chi connectivity index (χ1n) is 10.1. The van der Waals surface area contributed by atoms with Crippen LogP contribution in [0.5, 0.6) is 0 Å². The number of ether oxygens (including phenoxy) is 1. The number of nitrogens with zero attached hydrogens (tertiary/aromatic N) is 2. The number of hydrogen-bond acceptors (Lipinski definition) is 7. The fraction of sp³-hybridized carbons (Fsp3) is 0.261. The van der Waals surface area contributed by atoms with Crippen molar-refractivity contribution in [1.82, 2.24) is 9.88 Å². The van der Waals surface area contributed by atoms with Gasteiger partial charge in [0, 0.05) is 28.3 Å². The summed E-state index contributed by atoms with van der Waals surface area (Å²) in [6.45, 7) is 3.31. The summed E-state index contributed by atoms with van der Waals surface area (Å²) in [7, 11) is 0. The molecular formula is C23H20N2O3S3. The number of rotatable bonds is 5. The smallest absolute Gasteiger partial charge is 0.410 e. The summed E-state index contributed by atoms with van der Waals surface area (Å²) in [5.41, 5.74) is 3.29. The maximum absolute atomic E-state index is 12.9. The lowest BCUT2D eigenvalue weighted by Gasteiger charge is -2.26. The molecule has 1 aromatic carbocycles. The van der Waals surface area contributed by atoms with Crippen molar-refractivity contribution in [3.63, 3.8) is 0 Å². The zero-order valence-corrected chi connectivity index (χ0v) is 19.4. The summed E-state index contributed by atoms with van der Waals surface area (Å²) in [5, 5.41) is 2.88. The van der Waals surface area contributed by atoms with Crippen LogP contribution in [0.25, 0.3) is 20.8 Å². The standard InChI is InChI=1S/C23H20N2O3S3/c1-2-28-23(27)25-10-9-14-20(13-25)30-19(12-16(26)18-8-5-11-29-18)21(14)22-24-15-6-3-4-7-17(15)31-22/h3-8,11H,2,9-10,12-13H2,1H3. The van der Waals surface area contributed by atoms with E-state index in [1.807, 2.05) is 42.6 Å². The maximum Gasteiger partial charge on any atom is 0.410 e. The Morgan fingerprint density at radius 3 is 2.81 bits per heavy atom. The van der Waals surface area contributed by atoms with Gasteiger partial charge in [-0.25, -0.2) is 9.78 Å². The zero-order valence-electron chi connectivity index (χ0n) is 16.9. The largest absolute Gasteiger partial charge is 0.450 e. The number of thiophene rings is 2. The molecule has 8 heteroatoms. The van der Waals surface area contributed by atoms with Gasteiger partial charge >= 0.3 is 6.09 Å². The third-order valence-electron chi connectivity index (χ3n) is 5.28. The number of para-hydroxylation sites is 1. The minimum absolute atomic E-state index is 0.123. The molecule has 158 valence electrons. The van der Waals surface area contributed by atoms with Gasteiger partial charge < -0.3 is 9.64 Å². The summed E-state index contributed by atoms with van der Waals surface area (Å²) in [4.78, 5) is 34.8. The first-order valence-corrected chi connectivity index (χ1v) is 12.6. The molecular weight excluding hydrogens is 448 g/mol. The molecule has 1 aliphatic rings. The van der Waals surface area contributed by atoms with Gasteiger partial charge in [0.2, 0.25) is 0 Å². The molecule has 0 saturated heterocycles. The van der Waals surface area contributed by atoms with Crippen LogP contribution in [0.1, 0.15) is 31.9 Å². The van der Waals surface area contributed by atoms with Gasteiger partial charge in [0.25, 0.3) is 0 Å². The number of benzene rings is 1. The third-order valence-corrected chi connectivity index (χ3v) is 8.46. The van der Waals surface area contributed by atoms with E-state index in [0.29, 0.717) is 26.1 Å². The van der Waals surface area contributed by atoms with Crippen LogP contribution in [-0.4, -0.2) is 34.9 Å². The SMILES string of the molecule is CCOC(=O)N1CCc2c(sc(CC(=O)c3cccs3)c2-c2nc3ccccc3s2)C1. The molecule has 0 atom stereocenters. The van der Waals surface area contributed by atoms with Crippen molar-refractivity contribution in [2.24, 2.45) is 0 Å². The number of Topliss-reactive ketones (excluding diaryl/α,β-unsaturated/α-hetero) is 1. The average molecular weight is 469 g/mol. The van der Waals surface area contributed by atoms with Crippen molar-refractivity contribution in [3.05, 3.63) is 62.0 Å². The Balaban J connectivity index is 1.56. The van der Waals surface area contributed by atoms with E-state index in [1.165, 1.54) is 16.9 Å². The van der Waals surface area contributed by atoms with Crippen LogP contribution in [0.2, 0.25) is 0 Å². The fourth-order valence-electron chi connectivity index (χ4n) is 3.85. The fourth-order valence-corrected chi connectivity index (χ4v) is 7.02.